The molecule has 1 amide bonds. The van der Waals surface area contributed by atoms with Gasteiger partial charge in [-0.25, -0.2) is 0 Å². The van der Waals surface area contributed by atoms with Gasteiger partial charge in [0.05, 0.1) is 11.7 Å². The molecule has 40 heavy (non-hydrogen) atoms. The van der Waals surface area contributed by atoms with E-state index in [1.54, 1.807) is 6.08 Å². The Bertz CT molecular complexity index is 1520. The fourth-order valence-corrected chi connectivity index (χ4v) is 5.08. The van der Waals surface area contributed by atoms with Crippen LogP contribution in [-0.4, -0.2) is 46.4 Å². The molecule has 1 aliphatic rings. The second-order valence-electron chi connectivity index (χ2n) is 9.48. The van der Waals surface area contributed by atoms with E-state index in [1.165, 1.54) is 23.1 Å². The number of aromatic nitrogens is 1. The average Bonchev–Trinajstić information content (AvgIpc) is 3.35. The molecule has 3 aromatic carbocycles. The van der Waals surface area contributed by atoms with Crippen molar-refractivity contribution in [2.75, 3.05) is 6.54 Å². The summed E-state index contributed by atoms with van der Waals surface area (Å²) in [6.07, 6.45) is -0.492. The Balaban J connectivity index is 0.00000370. The van der Waals surface area contributed by atoms with Crippen LogP contribution in [-0.2, 0) is 17.4 Å². The number of ketones is 1. The fraction of sp³-hybridized carbons (Fsp3) is 0.200. The summed E-state index contributed by atoms with van der Waals surface area (Å²) < 4.78 is 41.2. The van der Waals surface area contributed by atoms with Gasteiger partial charge >= 0.3 is 6.18 Å². The summed E-state index contributed by atoms with van der Waals surface area (Å²) in [5.41, 5.74) is 7.75. The van der Waals surface area contributed by atoms with Crippen LogP contribution in [0.1, 0.15) is 27.0 Å². The zero-order valence-electron chi connectivity index (χ0n) is 21.3. The largest absolute Gasteiger partial charge is 0.417 e. The number of carbonyl (C=O) groups is 2. The number of amides is 1. The number of hydrogen-bond donors (Lipinski definition) is 3. The van der Waals surface area contributed by atoms with Crippen molar-refractivity contribution in [1.29, 1.82) is 0 Å². The molecule has 0 saturated carbocycles. The summed E-state index contributed by atoms with van der Waals surface area (Å²) in [6.45, 7) is -0.0450. The van der Waals surface area contributed by atoms with Gasteiger partial charge in [-0.15, -0.1) is 12.4 Å². The van der Waals surface area contributed by atoms with Crippen molar-refractivity contribution in [2.24, 2.45) is 5.73 Å². The van der Waals surface area contributed by atoms with Gasteiger partial charge < -0.3 is 20.9 Å². The molecule has 4 N–H and O–H groups in total. The molecule has 0 spiro atoms. The molecule has 0 aliphatic carbocycles. The van der Waals surface area contributed by atoms with Crippen LogP contribution in [0.5, 0.6) is 0 Å². The van der Waals surface area contributed by atoms with Crippen LogP contribution in [0, 0.1) is 0 Å². The maximum Gasteiger partial charge on any atom is 0.417 e. The van der Waals surface area contributed by atoms with Crippen molar-refractivity contribution < 1.29 is 22.8 Å². The normalized spacial score (nSPS) is 19.5. The Morgan fingerprint density at radius 2 is 1.65 bits per heavy atom. The highest BCUT2D eigenvalue weighted by atomic mass is 35.5. The highest BCUT2D eigenvalue weighted by molar-refractivity contribution is 6.05. The number of alkyl halides is 3. The monoisotopic (exact) mass is 568 g/mol. The smallest absolute Gasteiger partial charge is 0.361 e. The third kappa shape index (κ3) is 5.96. The number of nitrogens with zero attached hydrogens (tertiary/aromatic N) is 1. The summed E-state index contributed by atoms with van der Waals surface area (Å²) in [6, 6.07) is 19.8. The predicted octanol–water partition coefficient (Wildman–Crippen LogP) is 5.20. The lowest BCUT2D eigenvalue weighted by molar-refractivity contribution is -0.138. The van der Waals surface area contributed by atoms with Crippen LogP contribution in [0.3, 0.4) is 0 Å². The Hall–Kier alpha value is -3.92. The first-order valence-corrected chi connectivity index (χ1v) is 12.5. The van der Waals surface area contributed by atoms with Gasteiger partial charge in [0, 0.05) is 41.3 Å². The lowest BCUT2D eigenvalue weighted by Crippen LogP contribution is -2.69. The Labute approximate surface area is 235 Å². The molecule has 208 valence electrons. The van der Waals surface area contributed by atoms with E-state index < -0.39 is 47.2 Å². The van der Waals surface area contributed by atoms with E-state index in [0.29, 0.717) is 6.42 Å². The minimum atomic E-state index is -4.73. The first kappa shape index (κ1) is 29.1. The predicted molar refractivity (Wildman–Crippen MR) is 151 cm³/mol. The molecule has 3 unspecified atom stereocenters. The molecule has 1 aliphatic heterocycles. The third-order valence-electron chi connectivity index (χ3n) is 7.03. The molecule has 10 heteroatoms. The number of fused-ring (bicyclic) bond motifs is 1. The number of halogens is 4. The van der Waals surface area contributed by atoms with Crippen LogP contribution >= 0.6 is 12.4 Å². The van der Waals surface area contributed by atoms with Crippen LogP contribution in [0.4, 0.5) is 13.2 Å². The molecular weight excluding hydrogens is 541 g/mol. The van der Waals surface area contributed by atoms with Crippen molar-refractivity contribution in [3.05, 3.63) is 113 Å². The minimum absolute atomic E-state index is 0. The number of Topliss-reactive ketones (excluding diaryl/α,β-unsaturated/α-hetero) is 1. The van der Waals surface area contributed by atoms with Crippen LogP contribution in [0.25, 0.3) is 17.0 Å². The number of rotatable bonds is 6. The maximum atomic E-state index is 13.7. The van der Waals surface area contributed by atoms with E-state index >= 15 is 0 Å². The highest BCUT2D eigenvalue weighted by Crippen LogP contribution is 2.33. The van der Waals surface area contributed by atoms with Gasteiger partial charge in [-0.3, -0.25) is 9.59 Å². The Morgan fingerprint density at radius 1 is 0.975 bits per heavy atom. The molecule has 3 atom stereocenters. The molecule has 6 nitrogen and oxygen atoms in total. The summed E-state index contributed by atoms with van der Waals surface area (Å²) in [5.74, 6) is -1.38. The van der Waals surface area contributed by atoms with Crippen molar-refractivity contribution in [3.8, 4) is 0 Å². The van der Waals surface area contributed by atoms with Crippen molar-refractivity contribution in [1.82, 2.24) is 15.2 Å². The lowest BCUT2D eigenvalue weighted by atomic mass is 9.92. The number of H-pyrrole nitrogens is 1. The molecule has 0 bridgehead atoms. The highest BCUT2D eigenvalue weighted by Gasteiger charge is 2.43. The van der Waals surface area contributed by atoms with Crippen LogP contribution in [0.15, 0.2) is 91.1 Å². The summed E-state index contributed by atoms with van der Waals surface area (Å²) >= 11 is 0. The molecule has 2 heterocycles. The Morgan fingerprint density at radius 3 is 2.40 bits per heavy atom. The maximum absolute atomic E-state index is 13.7. The first-order chi connectivity index (χ1) is 18.7. The van der Waals surface area contributed by atoms with Gasteiger partial charge in [-0.2, -0.15) is 13.2 Å². The van der Waals surface area contributed by atoms with Gasteiger partial charge in [0.25, 0.3) is 0 Å². The molecular formula is C30H28ClF3N4O2. The summed E-state index contributed by atoms with van der Waals surface area (Å²) in [4.78, 5) is 31.5. The van der Waals surface area contributed by atoms with E-state index in [4.69, 9.17) is 5.73 Å². The first-order valence-electron chi connectivity index (χ1n) is 12.5. The number of carbonyl (C=O) groups excluding carboxylic acids is 2. The van der Waals surface area contributed by atoms with E-state index in [0.717, 1.165) is 34.2 Å². The molecule has 1 aromatic heterocycles. The lowest BCUT2D eigenvalue weighted by Gasteiger charge is -2.44. The third-order valence-corrected chi connectivity index (χ3v) is 7.03. The molecule has 4 aromatic rings. The summed E-state index contributed by atoms with van der Waals surface area (Å²) in [7, 11) is 0. The number of para-hydroxylation sites is 1. The number of nitrogens with one attached hydrogen (secondary N) is 2. The average molecular weight is 569 g/mol. The second kappa shape index (κ2) is 12.1. The van der Waals surface area contributed by atoms with Gasteiger partial charge in [0.2, 0.25) is 5.91 Å². The van der Waals surface area contributed by atoms with Crippen molar-refractivity contribution in [3.63, 3.8) is 0 Å². The van der Waals surface area contributed by atoms with Crippen LogP contribution in [0.2, 0.25) is 0 Å². The number of aromatic amines is 1. The molecule has 0 radical (unpaired) electrons. The topological polar surface area (TPSA) is 91.2 Å². The molecule has 1 fully saturated rings. The standard InChI is InChI=1S/C30H27F3N4O2.ClH/c31-30(32,33)23-12-6-4-11-22(23)28(39)26-18-36-25(16-20-17-35-24-13-7-5-10-21(20)24)29(34)37(26)27(38)15-14-19-8-2-1-3-9-19;/h1-15,17,25-26,29,35-36H,16,18,34H2;1H/b15-14+;. The number of piperazine rings is 1. The van der Waals surface area contributed by atoms with Gasteiger partial charge in [0.15, 0.2) is 5.78 Å². The van der Waals surface area contributed by atoms with E-state index in [9.17, 15) is 22.8 Å². The zero-order valence-corrected chi connectivity index (χ0v) is 22.1. The quantitative estimate of drug-likeness (QED) is 0.220. The van der Waals surface area contributed by atoms with Gasteiger partial charge in [-0.1, -0.05) is 66.7 Å². The van der Waals surface area contributed by atoms with E-state index in [1.807, 2.05) is 60.8 Å². The van der Waals surface area contributed by atoms with Gasteiger partial charge in [0.1, 0.15) is 6.04 Å². The SMILES string of the molecule is Cl.NC1C(Cc2c[nH]c3ccccc23)NCC(C(=O)c2ccccc2C(F)(F)F)N1C(=O)/C=C/c1ccccc1. The molecule has 1 saturated heterocycles. The minimum Gasteiger partial charge on any atom is -0.361 e. The number of nitrogens with two attached hydrogens (primary N) is 1. The van der Waals surface area contributed by atoms with Crippen molar-refractivity contribution >= 4 is 41.1 Å². The zero-order chi connectivity index (χ0) is 27.6. The van der Waals surface area contributed by atoms with Gasteiger partial charge in [-0.05, 0) is 35.8 Å². The summed E-state index contributed by atoms with van der Waals surface area (Å²) in [5, 5.41) is 4.24. The van der Waals surface area contributed by atoms with Crippen molar-refractivity contribution in [2.45, 2.75) is 30.8 Å². The Kier molecular flexibility index (Phi) is 8.78. The number of hydrogen-bond acceptors (Lipinski definition) is 4. The molecule has 5 rings (SSSR count). The van der Waals surface area contributed by atoms with Crippen LogP contribution < -0.4 is 11.1 Å². The van der Waals surface area contributed by atoms with E-state index in [-0.39, 0.29) is 19.0 Å². The van der Waals surface area contributed by atoms with E-state index in [2.05, 4.69) is 10.3 Å². The second-order valence-corrected chi connectivity index (χ2v) is 9.48. The number of benzene rings is 3. The fourth-order valence-electron chi connectivity index (χ4n) is 5.08.